The molecule has 3 aromatic rings. The summed E-state index contributed by atoms with van der Waals surface area (Å²) >= 11 is 1.43. The highest BCUT2D eigenvalue weighted by Gasteiger charge is 2.22. The van der Waals surface area contributed by atoms with Gasteiger partial charge in [-0.05, 0) is 57.4 Å². The van der Waals surface area contributed by atoms with Gasteiger partial charge in [-0.15, -0.1) is 0 Å². The van der Waals surface area contributed by atoms with Gasteiger partial charge in [0, 0.05) is 18.7 Å². The molecule has 0 spiro atoms. The number of benzene rings is 2. The Kier molecular flexibility index (Phi) is 6.03. The summed E-state index contributed by atoms with van der Waals surface area (Å²) in [6.45, 7) is 3.65. The van der Waals surface area contributed by atoms with Crippen molar-refractivity contribution in [3.05, 3.63) is 53.8 Å². The molecule has 27 heavy (non-hydrogen) atoms. The molecule has 1 amide bonds. The van der Waals surface area contributed by atoms with Crippen molar-refractivity contribution in [3.63, 3.8) is 0 Å². The van der Waals surface area contributed by atoms with E-state index in [0.717, 1.165) is 16.0 Å². The van der Waals surface area contributed by atoms with Crippen molar-refractivity contribution in [3.8, 4) is 5.75 Å². The SMILES string of the molecule is CCOc1ccc2nc(N(CCN(C)C)C(=O)c3cccc(F)c3)sc2c1. The molecule has 0 aliphatic heterocycles. The van der Waals surface area contributed by atoms with E-state index in [1.54, 1.807) is 17.0 Å². The topological polar surface area (TPSA) is 45.7 Å². The molecule has 2 aromatic carbocycles. The van der Waals surface area contributed by atoms with Gasteiger partial charge in [-0.3, -0.25) is 9.69 Å². The van der Waals surface area contributed by atoms with Crippen molar-refractivity contribution in [2.45, 2.75) is 6.92 Å². The number of aromatic nitrogens is 1. The second kappa shape index (κ2) is 8.45. The molecule has 0 saturated heterocycles. The number of anilines is 1. The lowest BCUT2D eigenvalue weighted by Crippen LogP contribution is -2.36. The smallest absolute Gasteiger partial charge is 0.260 e. The van der Waals surface area contributed by atoms with Crippen molar-refractivity contribution in [2.24, 2.45) is 0 Å². The number of hydrogen-bond donors (Lipinski definition) is 0. The maximum absolute atomic E-state index is 13.6. The predicted octanol–water partition coefficient (Wildman–Crippen LogP) is 4.04. The van der Waals surface area contributed by atoms with Gasteiger partial charge >= 0.3 is 0 Å². The lowest BCUT2D eigenvalue weighted by atomic mass is 10.2. The molecule has 3 rings (SSSR count). The second-order valence-corrected chi connectivity index (χ2v) is 7.34. The number of likely N-dealkylation sites (N-methyl/N-ethyl adjacent to an activating group) is 1. The molecule has 1 aromatic heterocycles. The van der Waals surface area contributed by atoms with E-state index in [1.165, 1.54) is 23.5 Å². The highest BCUT2D eigenvalue weighted by Crippen LogP contribution is 2.32. The van der Waals surface area contributed by atoms with Gasteiger partial charge in [0.15, 0.2) is 5.13 Å². The van der Waals surface area contributed by atoms with Crippen LogP contribution in [-0.4, -0.2) is 49.6 Å². The van der Waals surface area contributed by atoms with Gasteiger partial charge in [0.1, 0.15) is 11.6 Å². The van der Waals surface area contributed by atoms with Crippen LogP contribution in [0.25, 0.3) is 10.2 Å². The Morgan fingerprint density at radius 3 is 2.70 bits per heavy atom. The van der Waals surface area contributed by atoms with E-state index in [2.05, 4.69) is 4.98 Å². The van der Waals surface area contributed by atoms with Gasteiger partial charge in [-0.25, -0.2) is 9.37 Å². The monoisotopic (exact) mass is 387 g/mol. The zero-order valence-corrected chi connectivity index (χ0v) is 16.4. The number of carbonyl (C=O) groups is 1. The summed E-state index contributed by atoms with van der Waals surface area (Å²) in [5.74, 6) is 0.0796. The quantitative estimate of drug-likeness (QED) is 0.614. The van der Waals surface area contributed by atoms with E-state index in [0.29, 0.717) is 30.4 Å². The third-order valence-corrected chi connectivity index (χ3v) is 5.02. The largest absolute Gasteiger partial charge is 0.494 e. The number of hydrogen-bond acceptors (Lipinski definition) is 5. The second-order valence-electron chi connectivity index (χ2n) is 6.33. The first-order chi connectivity index (χ1) is 13.0. The predicted molar refractivity (Wildman–Crippen MR) is 107 cm³/mol. The normalized spacial score (nSPS) is 11.1. The first-order valence-corrected chi connectivity index (χ1v) is 9.55. The third kappa shape index (κ3) is 4.61. The average molecular weight is 387 g/mol. The third-order valence-electron chi connectivity index (χ3n) is 3.98. The van der Waals surface area contributed by atoms with Crippen LogP contribution in [0, 0.1) is 5.82 Å². The van der Waals surface area contributed by atoms with E-state index in [4.69, 9.17) is 4.74 Å². The molecule has 0 N–H and O–H groups in total. The lowest BCUT2D eigenvalue weighted by Gasteiger charge is -2.22. The maximum atomic E-state index is 13.6. The molecule has 0 radical (unpaired) electrons. The average Bonchev–Trinajstić information content (AvgIpc) is 3.04. The van der Waals surface area contributed by atoms with Gasteiger partial charge in [-0.2, -0.15) is 0 Å². The van der Waals surface area contributed by atoms with Crippen molar-refractivity contribution in [2.75, 3.05) is 38.7 Å². The highest BCUT2D eigenvalue weighted by atomic mass is 32.1. The molecule has 5 nitrogen and oxygen atoms in total. The Morgan fingerprint density at radius 1 is 1.19 bits per heavy atom. The van der Waals surface area contributed by atoms with Crippen LogP contribution in [0.1, 0.15) is 17.3 Å². The lowest BCUT2D eigenvalue weighted by molar-refractivity contribution is 0.0984. The van der Waals surface area contributed by atoms with Crippen LogP contribution in [0.3, 0.4) is 0 Å². The number of ether oxygens (including phenoxy) is 1. The van der Waals surface area contributed by atoms with Gasteiger partial charge in [0.05, 0.1) is 16.8 Å². The summed E-state index contributed by atoms with van der Waals surface area (Å²) in [5, 5.41) is 0.592. The molecule has 0 unspecified atom stereocenters. The van der Waals surface area contributed by atoms with E-state index in [1.807, 2.05) is 44.1 Å². The van der Waals surface area contributed by atoms with Gasteiger partial charge < -0.3 is 9.64 Å². The molecule has 1 heterocycles. The van der Waals surface area contributed by atoms with Crippen molar-refractivity contribution >= 4 is 32.6 Å². The zero-order valence-electron chi connectivity index (χ0n) is 15.6. The van der Waals surface area contributed by atoms with Crippen molar-refractivity contribution in [1.29, 1.82) is 0 Å². The van der Waals surface area contributed by atoms with Gasteiger partial charge in [-0.1, -0.05) is 17.4 Å². The number of rotatable bonds is 7. The van der Waals surface area contributed by atoms with Crippen LogP contribution < -0.4 is 9.64 Å². The molecule has 0 aliphatic carbocycles. The van der Waals surface area contributed by atoms with E-state index >= 15 is 0 Å². The number of fused-ring (bicyclic) bond motifs is 1. The van der Waals surface area contributed by atoms with Crippen LogP contribution in [0.4, 0.5) is 9.52 Å². The molecule has 0 fully saturated rings. The minimum Gasteiger partial charge on any atom is -0.494 e. The summed E-state index contributed by atoms with van der Waals surface area (Å²) in [6.07, 6.45) is 0. The van der Waals surface area contributed by atoms with Gasteiger partial charge in [0.2, 0.25) is 0 Å². The summed E-state index contributed by atoms with van der Waals surface area (Å²) in [4.78, 5) is 21.3. The Bertz CT molecular complexity index is 942. The molecule has 0 bridgehead atoms. The molecule has 7 heteroatoms. The first-order valence-electron chi connectivity index (χ1n) is 8.73. The molecular formula is C20H22FN3O2S. The van der Waals surface area contributed by atoms with E-state index in [9.17, 15) is 9.18 Å². The van der Waals surface area contributed by atoms with E-state index < -0.39 is 5.82 Å². The minimum absolute atomic E-state index is 0.263. The Balaban J connectivity index is 1.96. The highest BCUT2D eigenvalue weighted by molar-refractivity contribution is 7.22. The van der Waals surface area contributed by atoms with Crippen LogP contribution in [-0.2, 0) is 0 Å². The van der Waals surface area contributed by atoms with Crippen LogP contribution in [0.15, 0.2) is 42.5 Å². The fourth-order valence-corrected chi connectivity index (χ4v) is 3.64. The number of halogens is 1. The Hall–Kier alpha value is -2.51. The summed E-state index contributed by atoms with van der Waals surface area (Å²) in [7, 11) is 3.88. The minimum atomic E-state index is -0.431. The molecular weight excluding hydrogens is 365 g/mol. The van der Waals surface area contributed by atoms with E-state index in [-0.39, 0.29) is 5.91 Å². The number of nitrogens with zero attached hydrogens (tertiary/aromatic N) is 3. The van der Waals surface area contributed by atoms with Crippen LogP contribution in [0.2, 0.25) is 0 Å². The number of thiazole rings is 1. The number of amides is 1. The number of carbonyl (C=O) groups excluding carboxylic acids is 1. The standard InChI is InChI=1S/C20H22FN3O2S/c1-4-26-16-8-9-17-18(13-16)27-20(22-17)24(11-10-23(2)3)19(25)14-6-5-7-15(21)12-14/h5-9,12-13H,4,10-11H2,1-3H3. The molecule has 142 valence electrons. The molecule has 0 aliphatic rings. The maximum Gasteiger partial charge on any atom is 0.260 e. The fraction of sp³-hybridized carbons (Fsp3) is 0.300. The van der Waals surface area contributed by atoms with Gasteiger partial charge in [0.25, 0.3) is 5.91 Å². The molecule has 0 atom stereocenters. The van der Waals surface area contributed by atoms with Crippen LogP contribution >= 0.6 is 11.3 Å². The summed E-state index contributed by atoms with van der Waals surface area (Å²) < 4.78 is 20.1. The first kappa shape index (κ1) is 19.3. The Labute approximate surface area is 162 Å². The zero-order chi connectivity index (χ0) is 19.4. The van der Waals surface area contributed by atoms with Crippen molar-refractivity contribution in [1.82, 2.24) is 9.88 Å². The summed E-state index contributed by atoms with van der Waals surface area (Å²) in [5.41, 5.74) is 1.11. The molecule has 0 saturated carbocycles. The summed E-state index contributed by atoms with van der Waals surface area (Å²) in [6, 6.07) is 11.4. The fourth-order valence-electron chi connectivity index (χ4n) is 2.63. The Morgan fingerprint density at radius 2 is 2.00 bits per heavy atom. The van der Waals surface area contributed by atoms with Crippen LogP contribution in [0.5, 0.6) is 5.75 Å². The van der Waals surface area contributed by atoms with Crippen molar-refractivity contribution < 1.29 is 13.9 Å².